The minimum absolute atomic E-state index is 0.00134. The molecule has 1 atom stereocenters. The number of aromatic hydroxyl groups is 1. The number of rotatable bonds is 5. The minimum atomic E-state index is -0.454. The summed E-state index contributed by atoms with van der Waals surface area (Å²) in [7, 11) is 6.15. The highest BCUT2D eigenvalue weighted by Crippen LogP contribution is 2.32. The molecule has 1 heterocycles. The third kappa shape index (κ3) is 4.34. The first-order chi connectivity index (χ1) is 13.8. The van der Waals surface area contributed by atoms with Crippen molar-refractivity contribution in [2.24, 2.45) is 19.5 Å². The largest absolute Gasteiger partial charge is 0.505 e. The van der Waals surface area contributed by atoms with Crippen molar-refractivity contribution < 1.29 is 9.90 Å². The highest BCUT2D eigenvalue weighted by atomic mass is 16.3. The molecule has 9 heteroatoms. The molecule has 164 valence electrons. The van der Waals surface area contributed by atoms with Crippen LogP contribution in [0.3, 0.4) is 0 Å². The topological polar surface area (TPSA) is 109 Å². The Bertz CT molecular complexity index is 1080. The number of carbonyl (C=O) groups excluding carboxylic acids is 1. The fourth-order valence-corrected chi connectivity index (χ4v) is 2.69. The molecule has 0 saturated carbocycles. The van der Waals surface area contributed by atoms with Gasteiger partial charge in [-0.05, 0) is 24.5 Å². The number of nitrogens with zero attached hydrogens (tertiary/aromatic N) is 3. The van der Waals surface area contributed by atoms with Gasteiger partial charge in [0.1, 0.15) is 11.4 Å². The van der Waals surface area contributed by atoms with Gasteiger partial charge in [0.15, 0.2) is 5.75 Å². The summed E-state index contributed by atoms with van der Waals surface area (Å²) in [5.74, 6) is -0.679. The molecule has 0 spiro atoms. The molecule has 1 amide bonds. The second-order valence-electron chi connectivity index (χ2n) is 8.67. The monoisotopic (exact) mass is 417 g/mol. The Hall–Kier alpha value is -3.23. The Balaban J connectivity index is 2.66. The molecule has 2 aromatic rings. The maximum Gasteiger partial charge on any atom is 0.290 e. The average molecular weight is 418 g/mol. The predicted octanol–water partition coefficient (Wildman–Crippen LogP) is 2.08. The SMILES string of the molecule is C[C@H](Nc1c(Nc2cccc(C(=O)N(C)C)c2O)c(=O)n(C)n(C)c1=O)C(C)(C)C. The number of anilines is 3. The van der Waals surface area contributed by atoms with Gasteiger partial charge in [0.05, 0.1) is 11.3 Å². The lowest BCUT2D eigenvalue weighted by atomic mass is 9.88. The van der Waals surface area contributed by atoms with E-state index in [0.717, 1.165) is 0 Å². The Morgan fingerprint density at radius 2 is 1.60 bits per heavy atom. The molecule has 3 N–H and O–H groups in total. The predicted molar refractivity (Wildman–Crippen MR) is 119 cm³/mol. The van der Waals surface area contributed by atoms with E-state index >= 15 is 0 Å². The Kier molecular flexibility index (Phi) is 6.34. The van der Waals surface area contributed by atoms with Crippen LogP contribution in [0.2, 0.25) is 0 Å². The van der Waals surface area contributed by atoms with Gasteiger partial charge < -0.3 is 20.6 Å². The molecule has 0 aliphatic carbocycles. The maximum atomic E-state index is 13.0. The van der Waals surface area contributed by atoms with Gasteiger partial charge in [0, 0.05) is 34.2 Å². The molecule has 0 bridgehead atoms. The Morgan fingerprint density at radius 3 is 2.10 bits per heavy atom. The summed E-state index contributed by atoms with van der Waals surface area (Å²) in [6.07, 6.45) is 0. The van der Waals surface area contributed by atoms with E-state index in [9.17, 15) is 19.5 Å². The van der Waals surface area contributed by atoms with Gasteiger partial charge in [-0.15, -0.1) is 0 Å². The third-order valence-corrected chi connectivity index (χ3v) is 5.31. The zero-order chi connectivity index (χ0) is 23.0. The summed E-state index contributed by atoms with van der Waals surface area (Å²) in [5.41, 5.74) is -0.681. The molecule has 0 unspecified atom stereocenters. The van der Waals surface area contributed by atoms with E-state index in [1.807, 2.05) is 27.7 Å². The van der Waals surface area contributed by atoms with E-state index in [4.69, 9.17) is 0 Å². The first kappa shape index (κ1) is 23.1. The number of nitrogens with one attached hydrogen (secondary N) is 2. The van der Waals surface area contributed by atoms with E-state index in [1.54, 1.807) is 20.2 Å². The Morgan fingerprint density at radius 1 is 1.07 bits per heavy atom. The van der Waals surface area contributed by atoms with Crippen LogP contribution in [-0.4, -0.2) is 45.4 Å². The number of aromatic nitrogens is 2. The van der Waals surface area contributed by atoms with Gasteiger partial charge in [-0.25, -0.2) is 9.36 Å². The lowest BCUT2D eigenvalue weighted by Crippen LogP contribution is -2.41. The van der Waals surface area contributed by atoms with Crippen molar-refractivity contribution in [2.75, 3.05) is 24.7 Å². The second-order valence-corrected chi connectivity index (χ2v) is 8.67. The van der Waals surface area contributed by atoms with Crippen molar-refractivity contribution in [3.63, 3.8) is 0 Å². The quantitative estimate of drug-likeness (QED) is 0.643. The van der Waals surface area contributed by atoms with Gasteiger partial charge in [-0.2, -0.15) is 0 Å². The zero-order valence-corrected chi connectivity index (χ0v) is 18.8. The lowest BCUT2D eigenvalue weighted by Gasteiger charge is -2.30. The van der Waals surface area contributed by atoms with Gasteiger partial charge in [-0.3, -0.25) is 14.4 Å². The van der Waals surface area contributed by atoms with Crippen LogP contribution in [0.4, 0.5) is 17.1 Å². The van der Waals surface area contributed by atoms with Gasteiger partial charge in [0.2, 0.25) is 0 Å². The number of phenols is 1. The molecular formula is C21H31N5O4. The molecule has 9 nitrogen and oxygen atoms in total. The van der Waals surface area contributed by atoms with E-state index in [-0.39, 0.29) is 45.7 Å². The first-order valence-electron chi connectivity index (χ1n) is 9.64. The highest BCUT2D eigenvalue weighted by Gasteiger charge is 2.25. The van der Waals surface area contributed by atoms with Crippen LogP contribution in [0.1, 0.15) is 38.1 Å². The van der Waals surface area contributed by atoms with Crippen molar-refractivity contribution in [3.8, 4) is 5.75 Å². The summed E-state index contributed by atoms with van der Waals surface area (Å²) >= 11 is 0. The summed E-state index contributed by atoms with van der Waals surface area (Å²) in [6, 6.07) is 4.49. The first-order valence-corrected chi connectivity index (χ1v) is 9.64. The van der Waals surface area contributed by atoms with Crippen LogP contribution in [0.15, 0.2) is 27.8 Å². The molecule has 0 aliphatic rings. The molecular weight excluding hydrogens is 386 g/mol. The summed E-state index contributed by atoms with van der Waals surface area (Å²) in [5, 5.41) is 16.7. The fraction of sp³-hybridized carbons (Fsp3) is 0.476. The maximum absolute atomic E-state index is 13.0. The van der Waals surface area contributed by atoms with Gasteiger partial charge in [-0.1, -0.05) is 26.8 Å². The van der Waals surface area contributed by atoms with Gasteiger partial charge in [0.25, 0.3) is 17.0 Å². The van der Waals surface area contributed by atoms with E-state index < -0.39 is 11.1 Å². The summed E-state index contributed by atoms with van der Waals surface area (Å²) in [6.45, 7) is 7.98. The van der Waals surface area contributed by atoms with Crippen LogP contribution >= 0.6 is 0 Å². The molecule has 1 aromatic heterocycles. The smallest absolute Gasteiger partial charge is 0.290 e. The molecule has 1 aromatic carbocycles. The molecule has 0 aliphatic heterocycles. The van der Waals surface area contributed by atoms with Crippen molar-refractivity contribution in [2.45, 2.75) is 33.7 Å². The van der Waals surface area contributed by atoms with Crippen LogP contribution in [0.5, 0.6) is 5.75 Å². The van der Waals surface area contributed by atoms with Gasteiger partial charge >= 0.3 is 0 Å². The molecule has 30 heavy (non-hydrogen) atoms. The number of amides is 1. The number of hydrogen-bond donors (Lipinski definition) is 3. The fourth-order valence-electron chi connectivity index (χ4n) is 2.69. The minimum Gasteiger partial charge on any atom is -0.505 e. The van der Waals surface area contributed by atoms with Crippen molar-refractivity contribution in [1.29, 1.82) is 0 Å². The lowest BCUT2D eigenvalue weighted by molar-refractivity contribution is 0.0824. The molecule has 0 radical (unpaired) electrons. The highest BCUT2D eigenvalue weighted by molar-refractivity contribution is 5.98. The van der Waals surface area contributed by atoms with Crippen LogP contribution in [0.25, 0.3) is 0 Å². The molecule has 0 saturated heterocycles. The standard InChI is InChI=1S/C21H31N5O4/c1-12(21(2,3)4)22-15-16(20(30)26(8)25(7)19(15)29)23-14-11-9-10-13(17(14)27)18(28)24(5)6/h9-12,22-23,27H,1-8H3/t12-/m0/s1. The third-order valence-electron chi connectivity index (χ3n) is 5.31. The molecule has 2 rings (SSSR count). The van der Waals surface area contributed by atoms with E-state index in [2.05, 4.69) is 10.6 Å². The van der Waals surface area contributed by atoms with Crippen LogP contribution < -0.4 is 21.8 Å². The van der Waals surface area contributed by atoms with Crippen LogP contribution in [-0.2, 0) is 14.1 Å². The van der Waals surface area contributed by atoms with E-state index in [1.165, 1.54) is 40.5 Å². The van der Waals surface area contributed by atoms with E-state index in [0.29, 0.717) is 0 Å². The molecule has 0 fully saturated rings. The second kappa shape index (κ2) is 8.25. The normalized spacial score (nSPS) is 12.4. The summed E-state index contributed by atoms with van der Waals surface area (Å²) < 4.78 is 2.40. The zero-order valence-electron chi connectivity index (χ0n) is 18.8. The number of hydrogen-bond acceptors (Lipinski definition) is 6. The number of phenolic OH excluding ortho intramolecular Hbond substituents is 1. The number of para-hydroxylation sites is 1. The summed E-state index contributed by atoms with van der Waals surface area (Å²) in [4.78, 5) is 39.6. The van der Waals surface area contributed by atoms with Crippen molar-refractivity contribution >= 4 is 23.0 Å². The van der Waals surface area contributed by atoms with Crippen molar-refractivity contribution in [3.05, 3.63) is 44.5 Å². The Labute approximate surface area is 175 Å². The van der Waals surface area contributed by atoms with Crippen molar-refractivity contribution in [1.82, 2.24) is 14.3 Å². The number of benzene rings is 1. The average Bonchev–Trinajstić information content (AvgIpc) is 2.66. The van der Waals surface area contributed by atoms with Crippen LogP contribution in [0, 0.1) is 5.41 Å². The number of carbonyl (C=O) groups is 1.